The lowest BCUT2D eigenvalue weighted by molar-refractivity contribution is 0.103. The molecule has 0 radical (unpaired) electrons. The highest BCUT2D eigenvalue weighted by Gasteiger charge is 2.19. The molecular formula is C26H20N2OS. The quantitative estimate of drug-likeness (QED) is 0.364. The van der Waals surface area contributed by atoms with Crippen LogP contribution in [0.1, 0.15) is 26.4 Å². The van der Waals surface area contributed by atoms with Gasteiger partial charge in [-0.05, 0) is 48.1 Å². The van der Waals surface area contributed by atoms with Gasteiger partial charge >= 0.3 is 0 Å². The number of hydrogen-bond acceptors (Lipinski definition) is 3. The number of aryl methyl sites for hydroxylation is 1. The van der Waals surface area contributed by atoms with Crippen molar-refractivity contribution in [2.24, 2.45) is 0 Å². The lowest BCUT2D eigenvalue weighted by Crippen LogP contribution is -2.13. The van der Waals surface area contributed by atoms with Gasteiger partial charge in [0.1, 0.15) is 0 Å². The average Bonchev–Trinajstić information content (AvgIpc) is 3.14. The van der Waals surface area contributed by atoms with E-state index in [9.17, 15) is 4.79 Å². The van der Waals surface area contributed by atoms with Gasteiger partial charge in [0, 0.05) is 16.3 Å². The van der Waals surface area contributed by atoms with Crippen LogP contribution in [0.25, 0.3) is 21.0 Å². The number of nitrogens with zero attached hydrogens (tertiary/aromatic N) is 1. The predicted octanol–water partition coefficient (Wildman–Crippen LogP) is 6.60. The van der Waals surface area contributed by atoms with Crippen LogP contribution in [0.2, 0.25) is 0 Å². The highest BCUT2D eigenvalue weighted by molar-refractivity contribution is 7.21. The number of fused-ring (bicyclic) bond motifs is 2. The van der Waals surface area contributed by atoms with Gasteiger partial charge in [0.2, 0.25) is 0 Å². The van der Waals surface area contributed by atoms with Crippen molar-refractivity contribution in [3.05, 3.63) is 107 Å². The number of carbonyl (C=O) groups is 1. The highest BCUT2D eigenvalue weighted by atomic mass is 32.1. The summed E-state index contributed by atoms with van der Waals surface area (Å²) in [7, 11) is 0. The van der Waals surface area contributed by atoms with Crippen molar-refractivity contribution in [3.63, 3.8) is 0 Å². The fraction of sp³-hybridized carbons (Fsp3) is 0.0769. The van der Waals surface area contributed by atoms with Gasteiger partial charge in [0.05, 0.1) is 16.1 Å². The normalized spacial score (nSPS) is 11.1. The van der Waals surface area contributed by atoms with E-state index < -0.39 is 0 Å². The first kappa shape index (κ1) is 18.5. The van der Waals surface area contributed by atoms with Crippen LogP contribution in [0, 0.1) is 6.92 Å². The van der Waals surface area contributed by atoms with Crippen LogP contribution in [-0.4, -0.2) is 10.9 Å². The topological polar surface area (TPSA) is 42.0 Å². The van der Waals surface area contributed by atoms with Crippen LogP contribution in [0.3, 0.4) is 0 Å². The molecule has 30 heavy (non-hydrogen) atoms. The van der Waals surface area contributed by atoms with Crippen molar-refractivity contribution in [2.45, 2.75) is 13.3 Å². The third kappa shape index (κ3) is 3.46. The van der Waals surface area contributed by atoms with Gasteiger partial charge in [0.15, 0.2) is 0 Å². The lowest BCUT2D eigenvalue weighted by Gasteiger charge is -2.09. The molecule has 4 heteroatoms. The van der Waals surface area contributed by atoms with Crippen molar-refractivity contribution in [3.8, 4) is 0 Å². The zero-order chi connectivity index (χ0) is 20.5. The summed E-state index contributed by atoms with van der Waals surface area (Å²) >= 11 is 1.55. The molecule has 1 amide bonds. The summed E-state index contributed by atoms with van der Waals surface area (Å²) in [4.78, 5) is 18.6. The maximum Gasteiger partial charge on any atom is 0.266 e. The van der Waals surface area contributed by atoms with E-state index >= 15 is 0 Å². The first-order valence-corrected chi connectivity index (χ1v) is 10.7. The van der Waals surface area contributed by atoms with Gasteiger partial charge in [-0.25, -0.2) is 0 Å². The van der Waals surface area contributed by atoms with Gasteiger partial charge in [-0.1, -0.05) is 66.2 Å². The summed E-state index contributed by atoms with van der Waals surface area (Å²) in [6.45, 7) is 2.08. The van der Waals surface area contributed by atoms with E-state index in [2.05, 4.69) is 53.6 Å². The summed E-state index contributed by atoms with van der Waals surface area (Å²) in [5.74, 6) is -0.0866. The van der Waals surface area contributed by atoms with E-state index in [4.69, 9.17) is 0 Å². The van der Waals surface area contributed by atoms with E-state index in [1.807, 2.05) is 42.5 Å². The number of pyridine rings is 1. The predicted molar refractivity (Wildman–Crippen MR) is 126 cm³/mol. The van der Waals surface area contributed by atoms with Crippen molar-refractivity contribution < 1.29 is 4.79 Å². The van der Waals surface area contributed by atoms with Crippen LogP contribution in [0.15, 0.2) is 85.1 Å². The molecule has 2 heterocycles. The number of anilines is 1. The number of hydrogen-bond donors (Lipinski definition) is 1. The Hall–Kier alpha value is -3.50. The maximum atomic E-state index is 13.4. The molecule has 0 bridgehead atoms. The summed E-state index contributed by atoms with van der Waals surface area (Å²) in [6, 6.07) is 26.5. The Morgan fingerprint density at radius 3 is 2.60 bits per heavy atom. The molecule has 3 nitrogen and oxygen atoms in total. The first-order chi connectivity index (χ1) is 14.7. The van der Waals surface area contributed by atoms with Gasteiger partial charge in [-0.2, -0.15) is 0 Å². The molecule has 0 unspecified atom stereocenters. The number of rotatable bonds is 4. The van der Waals surface area contributed by atoms with Crippen molar-refractivity contribution in [1.29, 1.82) is 0 Å². The molecule has 0 aliphatic heterocycles. The van der Waals surface area contributed by atoms with Gasteiger partial charge in [-0.3, -0.25) is 9.78 Å². The van der Waals surface area contributed by atoms with E-state index in [-0.39, 0.29) is 5.91 Å². The van der Waals surface area contributed by atoms with Crippen LogP contribution in [-0.2, 0) is 6.42 Å². The highest BCUT2D eigenvalue weighted by Crippen LogP contribution is 2.34. The molecule has 2 aromatic heterocycles. The van der Waals surface area contributed by atoms with Gasteiger partial charge in [0.25, 0.3) is 5.91 Å². The molecule has 0 fully saturated rings. The zero-order valence-electron chi connectivity index (χ0n) is 16.6. The largest absolute Gasteiger partial charge is 0.319 e. The van der Waals surface area contributed by atoms with E-state index in [1.54, 1.807) is 17.5 Å². The van der Waals surface area contributed by atoms with Crippen molar-refractivity contribution in [1.82, 2.24) is 4.98 Å². The molecule has 0 aliphatic carbocycles. The SMILES string of the molecule is Cc1ccc(Cc2c(C(=O)Nc3cccc4cccnc34)sc3ccccc23)cc1. The first-order valence-electron chi connectivity index (χ1n) is 9.90. The third-order valence-corrected chi connectivity index (χ3v) is 6.50. The average molecular weight is 409 g/mol. The summed E-state index contributed by atoms with van der Waals surface area (Å²) in [5.41, 5.74) is 5.04. The Balaban J connectivity index is 1.56. The minimum Gasteiger partial charge on any atom is -0.319 e. The fourth-order valence-corrected chi connectivity index (χ4v) is 4.87. The minimum absolute atomic E-state index is 0.0866. The second-order valence-electron chi connectivity index (χ2n) is 7.40. The van der Waals surface area contributed by atoms with Gasteiger partial charge < -0.3 is 5.32 Å². The fourth-order valence-electron chi connectivity index (χ4n) is 3.75. The zero-order valence-corrected chi connectivity index (χ0v) is 17.4. The van der Waals surface area contributed by atoms with Crippen LogP contribution in [0.4, 0.5) is 5.69 Å². The van der Waals surface area contributed by atoms with E-state index in [0.29, 0.717) is 0 Å². The molecule has 0 saturated carbocycles. The number of amides is 1. The maximum absolute atomic E-state index is 13.4. The Bertz CT molecular complexity index is 1360. The molecule has 5 aromatic rings. The summed E-state index contributed by atoms with van der Waals surface area (Å²) < 4.78 is 1.13. The van der Waals surface area contributed by atoms with Crippen LogP contribution < -0.4 is 5.32 Å². The lowest BCUT2D eigenvalue weighted by atomic mass is 10.0. The molecule has 146 valence electrons. The minimum atomic E-state index is -0.0866. The molecule has 0 atom stereocenters. The van der Waals surface area contributed by atoms with Crippen molar-refractivity contribution >= 4 is 43.9 Å². The third-order valence-electron chi connectivity index (χ3n) is 5.29. The van der Waals surface area contributed by atoms with Crippen LogP contribution >= 0.6 is 11.3 Å². The number of thiophene rings is 1. The number of nitrogens with one attached hydrogen (secondary N) is 1. The molecule has 1 N–H and O–H groups in total. The Kier molecular flexibility index (Phi) is 4.77. The van der Waals surface area contributed by atoms with E-state index in [1.165, 1.54) is 11.1 Å². The second-order valence-corrected chi connectivity index (χ2v) is 8.46. The second kappa shape index (κ2) is 7.73. The Morgan fingerprint density at radius 1 is 0.933 bits per heavy atom. The number of benzene rings is 3. The Morgan fingerprint density at radius 2 is 1.73 bits per heavy atom. The van der Waals surface area contributed by atoms with Gasteiger partial charge in [-0.15, -0.1) is 11.3 Å². The number of carbonyl (C=O) groups excluding carboxylic acids is 1. The standard InChI is InChI=1S/C26H20N2OS/c1-17-11-13-18(14-12-17)16-21-20-8-2-3-10-23(20)30-25(21)26(29)28-22-9-4-6-19-7-5-15-27-24(19)22/h2-15H,16H2,1H3,(H,28,29). The smallest absolute Gasteiger partial charge is 0.266 e. The summed E-state index contributed by atoms with van der Waals surface area (Å²) in [6.07, 6.45) is 2.47. The number of para-hydroxylation sites is 1. The molecule has 0 spiro atoms. The molecule has 5 rings (SSSR count). The molecule has 0 aliphatic rings. The van der Waals surface area contributed by atoms with Crippen LogP contribution in [0.5, 0.6) is 0 Å². The summed E-state index contributed by atoms with van der Waals surface area (Å²) in [5, 5.41) is 5.26. The Labute approximate surface area is 179 Å². The molecular weight excluding hydrogens is 388 g/mol. The number of aromatic nitrogens is 1. The van der Waals surface area contributed by atoms with E-state index in [0.717, 1.165) is 43.5 Å². The molecule has 3 aromatic carbocycles. The monoisotopic (exact) mass is 408 g/mol. The van der Waals surface area contributed by atoms with Crippen molar-refractivity contribution in [2.75, 3.05) is 5.32 Å². The molecule has 0 saturated heterocycles.